The van der Waals surface area contributed by atoms with Gasteiger partial charge in [0.15, 0.2) is 0 Å². The van der Waals surface area contributed by atoms with Crippen LogP contribution in [0.5, 0.6) is 23.0 Å². The molecule has 132 valence electrons. The monoisotopic (exact) mass is 342 g/mol. The third kappa shape index (κ3) is 3.02. The zero-order valence-electron chi connectivity index (χ0n) is 14.7. The Morgan fingerprint density at radius 1 is 1.08 bits per heavy atom. The molecular formula is C20H22O5. The molecule has 0 unspecified atom stereocenters. The molecule has 0 radical (unpaired) electrons. The molecule has 2 aromatic carbocycles. The Labute approximate surface area is 147 Å². The number of phenolic OH excluding ortho intramolecular Hbond substituents is 1. The van der Waals surface area contributed by atoms with Gasteiger partial charge in [-0.25, -0.2) is 0 Å². The predicted octanol–water partition coefficient (Wildman–Crippen LogP) is 3.72. The Bertz CT molecular complexity index is 810. The van der Waals surface area contributed by atoms with Crippen molar-refractivity contribution >= 4 is 5.78 Å². The van der Waals surface area contributed by atoms with E-state index in [9.17, 15) is 9.90 Å². The molecule has 0 aromatic heterocycles. The summed E-state index contributed by atoms with van der Waals surface area (Å²) in [6, 6.07) is 6.73. The van der Waals surface area contributed by atoms with Crippen molar-refractivity contribution in [1.82, 2.24) is 0 Å². The Hall–Kier alpha value is -2.69. The highest BCUT2D eigenvalue weighted by molar-refractivity contribution is 6.16. The standard InChI is InChI=1S/C20H22O5/c1-4-5-8-25-17-11-13(23-2)9-12-10-14-16(24-3)7-6-15(21)19(14)20(22)18(12)17/h6-7,9,11,21H,4-5,8,10H2,1-3H3. The van der Waals surface area contributed by atoms with E-state index in [0.29, 0.717) is 41.4 Å². The molecule has 25 heavy (non-hydrogen) atoms. The predicted molar refractivity (Wildman–Crippen MR) is 94.3 cm³/mol. The summed E-state index contributed by atoms with van der Waals surface area (Å²) in [7, 11) is 3.14. The second-order valence-electron chi connectivity index (χ2n) is 6.01. The molecule has 1 aliphatic rings. The number of carbonyl (C=O) groups is 1. The van der Waals surface area contributed by atoms with Gasteiger partial charge in [0.05, 0.1) is 32.0 Å². The number of rotatable bonds is 6. The molecule has 0 bridgehead atoms. The van der Waals surface area contributed by atoms with Crippen LogP contribution in [0.15, 0.2) is 24.3 Å². The molecule has 0 atom stereocenters. The third-order valence-electron chi connectivity index (χ3n) is 4.44. The Morgan fingerprint density at radius 2 is 1.88 bits per heavy atom. The van der Waals surface area contributed by atoms with Gasteiger partial charge >= 0.3 is 0 Å². The van der Waals surface area contributed by atoms with Gasteiger partial charge in [-0.05, 0) is 30.2 Å². The van der Waals surface area contributed by atoms with Gasteiger partial charge in [0.1, 0.15) is 23.0 Å². The number of aromatic hydroxyl groups is 1. The summed E-state index contributed by atoms with van der Waals surface area (Å²) in [5.41, 5.74) is 2.28. The first-order valence-electron chi connectivity index (χ1n) is 8.37. The molecule has 1 N–H and O–H groups in total. The van der Waals surface area contributed by atoms with E-state index in [1.807, 2.05) is 6.07 Å². The highest BCUT2D eigenvalue weighted by Crippen LogP contribution is 2.42. The second kappa shape index (κ2) is 7.05. The minimum atomic E-state index is -0.248. The minimum Gasteiger partial charge on any atom is -0.507 e. The van der Waals surface area contributed by atoms with Gasteiger partial charge in [-0.1, -0.05) is 13.3 Å². The highest BCUT2D eigenvalue weighted by Gasteiger charge is 2.32. The van der Waals surface area contributed by atoms with E-state index in [-0.39, 0.29) is 17.1 Å². The number of unbranched alkanes of at least 4 members (excludes halogenated alkanes) is 1. The Balaban J connectivity index is 2.13. The maximum Gasteiger partial charge on any atom is 0.201 e. The number of ketones is 1. The van der Waals surface area contributed by atoms with Gasteiger partial charge in [0.2, 0.25) is 5.78 Å². The SMILES string of the molecule is CCCCOc1cc(OC)cc2c1C(=O)c1c(O)ccc(OC)c1C2. The lowest BCUT2D eigenvalue weighted by atomic mass is 9.83. The molecule has 3 rings (SSSR count). The average Bonchev–Trinajstić information content (AvgIpc) is 2.61. The van der Waals surface area contributed by atoms with Crippen molar-refractivity contribution in [3.63, 3.8) is 0 Å². The van der Waals surface area contributed by atoms with E-state index in [4.69, 9.17) is 14.2 Å². The molecule has 5 heteroatoms. The molecule has 0 amide bonds. The maximum absolute atomic E-state index is 13.1. The summed E-state index contributed by atoms with van der Waals surface area (Å²) in [5, 5.41) is 10.2. The zero-order chi connectivity index (χ0) is 18.0. The van der Waals surface area contributed by atoms with Gasteiger partial charge in [-0.3, -0.25) is 4.79 Å². The van der Waals surface area contributed by atoms with Gasteiger partial charge in [0.25, 0.3) is 0 Å². The fraction of sp³-hybridized carbons (Fsp3) is 0.350. The van der Waals surface area contributed by atoms with E-state index in [2.05, 4.69) is 6.92 Å². The fourth-order valence-corrected chi connectivity index (χ4v) is 3.15. The molecule has 1 aliphatic carbocycles. The van der Waals surface area contributed by atoms with Crippen LogP contribution in [0.4, 0.5) is 0 Å². The normalized spacial score (nSPS) is 12.4. The topological polar surface area (TPSA) is 65.0 Å². The van der Waals surface area contributed by atoms with Crippen LogP contribution < -0.4 is 14.2 Å². The lowest BCUT2D eigenvalue weighted by Crippen LogP contribution is -2.18. The number of ether oxygens (including phenoxy) is 3. The van der Waals surface area contributed by atoms with Crippen LogP contribution in [0.3, 0.4) is 0 Å². The van der Waals surface area contributed by atoms with Crippen LogP contribution in [0.1, 0.15) is 46.8 Å². The van der Waals surface area contributed by atoms with E-state index < -0.39 is 0 Å². The van der Waals surface area contributed by atoms with Crippen molar-refractivity contribution < 1.29 is 24.1 Å². The Kier molecular flexibility index (Phi) is 4.83. The number of hydrogen-bond acceptors (Lipinski definition) is 5. The van der Waals surface area contributed by atoms with Crippen LogP contribution in [-0.4, -0.2) is 31.7 Å². The number of methoxy groups -OCH3 is 2. The van der Waals surface area contributed by atoms with E-state index >= 15 is 0 Å². The first-order chi connectivity index (χ1) is 12.1. The van der Waals surface area contributed by atoms with Crippen molar-refractivity contribution in [3.05, 3.63) is 46.5 Å². The molecular weight excluding hydrogens is 320 g/mol. The van der Waals surface area contributed by atoms with E-state index in [0.717, 1.165) is 18.4 Å². The van der Waals surface area contributed by atoms with Gasteiger partial charge in [-0.2, -0.15) is 0 Å². The summed E-state index contributed by atoms with van der Waals surface area (Å²) < 4.78 is 16.6. The van der Waals surface area contributed by atoms with Crippen LogP contribution >= 0.6 is 0 Å². The first kappa shape index (κ1) is 17.1. The quantitative estimate of drug-likeness (QED) is 0.692. The smallest absolute Gasteiger partial charge is 0.201 e. The van der Waals surface area contributed by atoms with Crippen LogP contribution in [0.25, 0.3) is 0 Å². The first-order valence-corrected chi connectivity index (χ1v) is 8.37. The number of carbonyl (C=O) groups excluding carboxylic acids is 1. The van der Waals surface area contributed by atoms with Crippen molar-refractivity contribution in [2.75, 3.05) is 20.8 Å². The lowest BCUT2D eigenvalue weighted by Gasteiger charge is -2.24. The molecule has 0 fully saturated rings. The second-order valence-corrected chi connectivity index (χ2v) is 6.01. The van der Waals surface area contributed by atoms with Crippen molar-refractivity contribution in [2.24, 2.45) is 0 Å². The average molecular weight is 342 g/mol. The van der Waals surface area contributed by atoms with Crippen molar-refractivity contribution in [3.8, 4) is 23.0 Å². The van der Waals surface area contributed by atoms with Crippen LogP contribution in [0, 0.1) is 0 Å². The maximum atomic E-state index is 13.1. The van der Waals surface area contributed by atoms with E-state index in [1.54, 1.807) is 26.4 Å². The van der Waals surface area contributed by atoms with Gasteiger partial charge in [-0.15, -0.1) is 0 Å². The largest absolute Gasteiger partial charge is 0.507 e. The summed E-state index contributed by atoms with van der Waals surface area (Å²) in [6.45, 7) is 2.61. The zero-order valence-corrected chi connectivity index (χ0v) is 14.7. The molecule has 2 aromatic rings. The molecule has 0 saturated carbocycles. The minimum absolute atomic E-state index is 0.0400. The van der Waals surface area contributed by atoms with Crippen LogP contribution in [0.2, 0.25) is 0 Å². The summed E-state index contributed by atoms with van der Waals surface area (Å²) >= 11 is 0. The summed E-state index contributed by atoms with van der Waals surface area (Å²) in [5.74, 6) is 1.44. The molecule has 0 saturated heterocycles. The number of phenols is 1. The van der Waals surface area contributed by atoms with Crippen molar-refractivity contribution in [1.29, 1.82) is 0 Å². The lowest BCUT2D eigenvalue weighted by molar-refractivity contribution is 0.102. The fourth-order valence-electron chi connectivity index (χ4n) is 3.15. The Morgan fingerprint density at radius 3 is 2.56 bits per heavy atom. The van der Waals surface area contributed by atoms with Crippen LogP contribution in [-0.2, 0) is 6.42 Å². The highest BCUT2D eigenvalue weighted by atomic mass is 16.5. The third-order valence-corrected chi connectivity index (χ3v) is 4.44. The van der Waals surface area contributed by atoms with Gasteiger partial charge in [0, 0.05) is 18.1 Å². The van der Waals surface area contributed by atoms with Crippen molar-refractivity contribution in [2.45, 2.75) is 26.2 Å². The molecule has 0 heterocycles. The summed E-state index contributed by atoms with van der Waals surface area (Å²) in [4.78, 5) is 13.1. The van der Waals surface area contributed by atoms with E-state index in [1.165, 1.54) is 6.07 Å². The number of benzene rings is 2. The molecule has 5 nitrogen and oxygen atoms in total. The molecule has 0 spiro atoms. The number of hydrogen-bond donors (Lipinski definition) is 1. The number of fused-ring (bicyclic) bond motifs is 2. The molecule has 0 aliphatic heterocycles. The van der Waals surface area contributed by atoms with Gasteiger partial charge < -0.3 is 19.3 Å². The summed E-state index contributed by atoms with van der Waals surface area (Å²) in [6.07, 6.45) is 2.37.